The third-order valence-electron chi connectivity index (χ3n) is 4.30. The van der Waals surface area contributed by atoms with Gasteiger partial charge in [0.2, 0.25) is 0 Å². The molecule has 2 aromatic rings. The molecule has 1 saturated carbocycles. The Balaban J connectivity index is 1.66. The molecule has 0 amide bonds. The molecule has 4 nitrogen and oxygen atoms in total. The molecule has 0 aliphatic heterocycles. The van der Waals surface area contributed by atoms with Crippen LogP contribution in [0.25, 0.3) is 0 Å². The minimum absolute atomic E-state index is 0.322. The van der Waals surface area contributed by atoms with E-state index in [0.717, 1.165) is 17.9 Å². The van der Waals surface area contributed by atoms with Crippen LogP contribution in [0.5, 0.6) is 5.75 Å². The zero-order valence-electron chi connectivity index (χ0n) is 13.2. The third-order valence-corrected chi connectivity index (χ3v) is 4.30. The Kier molecular flexibility index (Phi) is 4.63. The van der Waals surface area contributed by atoms with Gasteiger partial charge in [-0.2, -0.15) is 0 Å². The maximum absolute atomic E-state index is 10.9. The van der Waals surface area contributed by atoms with Gasteiger partial charge in [-0.15, -0.1) is 0 Å². The van der Waals surface area contributed by atoms with Crippen LogP contribution >= 0.6 is 0 Å². The maximum Gasteiger partial charge on any atom is 0.335 e. The zero-order chi connectivity index (χ0) is 16.2. The van der Waals surface area contributed by atoms with Crippen molar-refractivity contribution in [1.82, 2.24) is 5.32 Å². The van der Waals surface area contributed by atoms with Crippen LogP contribution < -0.4 is 10.1 Å². The molecule has 3 rings (SSSR count). The molecule has 1 atom stereocenters. The van der Waals surface area contributed by atoms with Gasteiger partial charge in [-0.3, -0.25) is 0 Å². The lowest BCUT2D eigenvalue weighted by Gasteiger charge is -2.19. The number of carboxylic acid groups (broad SMARTS) is 1. The first kappa shape index (κ1) is 15.6. The molecule has 2 N–H and O–H groups in total. The lowest BCUT2D eigenvalue weighted by atomic mass is 10.0. The number of aromatic carboxylic acids is 1. The maximum atomic E-state index is 10.9. The number of benzene rings is 2. The highest BCUT2D eigenvalue weighted by Gasteiger charge is 2.31. The summed E-state index contributed by atoms with van der Waals surface area (Å²) in [4.78, 5) is 10.9. The van der Waals surface area contributed by atoms with Crippen molar-refractivity contribution in [1.29, 1.82) is 0 Å². The van der Waals surface area contributed by atoms with E-state index in [-0.39, 0.29) is 0 Å². The monoisotopic (exact) mass is 311 g/mol. The van der Waals surface area contributed by atoms with E-state index in [1.807, 2.05) is 24.3 Å². The van der Waals surface area contributed by atoms with E-state index >= 15 is 0 Å². The Labute approximate surface area is 136 Å². The molecule has 120 valence electrons. The molecule has 1 fully saturated rings. The van der Waals surface area contributed by atoms with Crippen molar-refractivity contribution >= 4 is 5.97 Å². The van der Waals surface area contributed by atoms with Gasteiger partial charge in [0.1, 0.15) is 5.75 Å². The average molecular weight is 311 g/mol. The molecule has 0 bridgehead atoms. The third kappa shape index (κ3) is 3.90. The minimum atomic E-state index is -0.890. The summed E-state index contributed by atoms with van der Waals surface area (Å²) < 4.78 is 5.22. The molecule has 1 aliphatic carbocycles. The normalized spacial score (nSPS) is 15.2. The predicted molar refractivity (Wildman–Crippen MR) is 88.7 cm³/mol. The summed E-state index contributed by atoms with van der Waals surface area (Å²) in [6, 6.07) is 15.6. The van der Waals surface area contributed by atoms with Crippen LogP contribution in [-0.4, -0.2) is 18.2 Å². The fraction of sp³-hybridized carbons (Fsp3) is 0.316. The Hall–Kier alpha value is -2.33. The molecule has 0 heterocycles. The summed E-state index contributed by atoms with van der Waals surface area (Å²) >= 11 is 0. The molecule has 4 heteroatoms. The summed E-state index contributed by atoms with van der Waals surface area (Å²) in [5.41, 5.74) is 2.69. The molecule has 0 aromatic heterocycles. The van der Waals surface area contributed by atoms with Gasteiger partial charge in [-0.25, -0.2) is 4.79 Å². The lowest BCUT2D eigenvalue weighted by Crippen LogP contribution is -2.22. The lowest BCUT2D eigenvalue weighted by molar-refractivity contribution is 0.0697. The van der Waals surface area contributed by atoms with E-state index in [0.29, 0.717) is 17.5 Å². The van der Waals surface area contributed by atoms with Gasteiger partial charge in [0.15, 0.2) is 0 Å². The van der Waals surface area contributed by atoms with Crippen LogP contribution in [0.3, 0.4) is 0 Å². The quantitative estimate of drug-likeness (QED) is 0.819. The number of hydrogen-bond donors (Lipinski definition) is 2. The van der Waals surface area contributed by atoms with Gasteiger partial charge in [0.05, 0.1) is 12.7 Å². The van der Waals surface area contributed by atoms with Crippen molar-refractivity contribution in [2.24, 2.45) is 5.92 Å². The van der Waals surface area contributed by atoms with Crippen molar-refractivity contribution in [2.45, 2.75) is 25.4 Å². The Bertz CT molecular complexity index is 660. The number of ether oxygens (including phenoxy) is 1. The van der Waals surface area contributed by atoms with Gasteiger partial charge in [0, 0.05) is 12.6 Å². The smallest absolute Gasteiger partial charge is 0.335 e. The summed E-state index contributed by atoms with van der Waals surface area (Å²) in [5, 5.41) is 12.6. The molecular weight excluding hydrogens is 290 g/mol. The highest BCUT2D eigenvalue weighted by molar-refractivity contribution is 5.87. The van der Waals surface area contributed by atoms with Crippen LogP contribution in [-0.2, 0) is 6.54 Å². The predicted octanol–water partition coefficient (Wildman–Crippen LogP) is 3.63. The number of carboxylic acids is 1. The summed E-state index contributed by atoms with van der Waals surface area (Å²) in [7, 11) is 1.67. The molecule has 0 saturated heterocycles. The average Bonchev–Trinajstić information content (AvgIpc) is 3.41. The minimum Gasteiger partial charge on any atom is -0.497 e. The van der Waals surface area contributed by atoms with Crippen LogP contribution in [0, 0.1) is 5.92 Å². The van der Waals surface area contributed by atoms with E-state index in [1.165, 1.54) is 18.4 Å². The van der Waals surface area contributed by atoms with Crippen LogP contribution in [0.2, 0.25) is 0 Å². The summed E-state index contributed by atoms with van der Waals surface area (Å²) in [6.07, 6.45) is 2.50. The van der Waals surface area contributed by atoms with E-state index in [4.69, 9.17) is 9.84 Å². The standard InChI is InChI=1S/C19H21NO3/c1-23-17-10-8-15(9-11-17)18(14-6-7-14)20-12-13-2-4-16(5-3-13)19(21)22/h2-5,8-11,14,18,20H,6-7,12H2,1H3,(H,21,22). The Morgan fingerprint density at radius 3 is 2.35 bits per heavy atom. The molecular formula is C19H21NO3. The van der Waals surface area contributed by atoms with Crippen molar-refractivity contribution in [3.8, 4) is 5.75 Å². The largest absolute Gasteiger partial charge is 0.497 e. The SMILES string of the molecule is COc1ccc(C(NCc2ccc(C(=O)O)cc2)C2CC2)cc1. The number of carbonyl (C=O) groups is 1. The second kappa shape index (κ2) is 6.84. The summed E-state index contributed by atoms with van der Waals surface area (Å²) in [5.74, 6) is 0.660. The second-order valence-corrected chi connectivity index (χ2v) is 5.97. The highest BCUT2D eigenvalue weighted by atomic mass is 16.5. The Morgan fingerprint density at radius 2 is 1.83 bits per heavy atom. The number of methoxy groups -OCH3 is 1. The molecule has 0 radical (unpaired) electrons. The van der Waals surface area contributed by atoms with E-state index < -0.39 is 5.97 Å². The number of hydrogen-bond acceptors (Lipinski definition) is 3. The number of nitrogens with one attached hydrogen (secondary N) is 1. The zero-order valence-corrected chi connectivity index (χ0v) is 13.2. The van der Waals surface area contributed by atoms with Gasteiger partial charge in [-0.1, -0.05) is 24.3 Å². The van der Waals surface area contributed by atoms with E-state index in [9.17, 15) is 4.79 Å². The highest BCUT2D eigenvalue weighted by Crippen LogP contribution is 2.41. The molecule has 1 aliphatic rings. The molecule has 1 unspecified atom stereocenters. The van der Waals surface area contributed by atoms with Gasteiger partial charge in [0.25, 0.3) is 0 Å². The molecule has 2 aromatic carbocycles. The molecule has 23 heavy (non-hydrogen) atoms. The number of rotatable bonds is 7. The van der Waals surface area contributed by atoms with Gasteiger partial charge in [-0.05, 0) is 54.2 Å². The van der Waals surface area contributed by atoms with E-state index in [2.05, 4.69) is 17.4 Å². The Morgan fingerprint density at radius 1 is 1.17 bits per heavy atom. The first-order valence-electron chi connectivity index (χ1n) is 7.87. The van der Waals surface area contributed by atoms with Crippen molar-refractivity contribution in [3.05, 3.63) is 65.2 Å². The van der Waals surface area contributed by atoms with Crippen LogP contribution in [0.1, 0.15) is 40.4 Å². The van der Waals surface area contributed by atoms with Gasteiger partial charge < -0.3 is 15.2 Å². The molecule has 0 spiro atoms. The fourth-order valence-corrected chi connectivity index (χ4v) is 2.79. The topological polar surface area (TPSA) is 58.6 Å². The second-order valence-electron chi connectivity index (χ2n) is 5.97. The van der Waals surface area contributed by atoms with Crippen molar-refractivity contribution < 1.29 is 14.6 Å². The fourth-order valence-electron chi connectivity index (χ4n) is 2.79. The van der Waals surface area contributed by atoms with Gasteiger partial charge >= 0.3 is 5.97 Å². The first-order chi connectivity index (χ1) is 11.2. The van der Waals surface area contributed by atoms with Crippen molar-refractivity contribution in [2.75, 3.05) is 7.11 Å². The first-order valence-corrected chi connectivity index (χ1v) is 7.87. The van der Waals surface area contributed by atoms with Crippen LogP contribution in [0.15, 0.2) is 48.5 Å². The van der Waals surface area contributed by atoms with E-state index in [1.54, 1.807) is 19.2 Å². The van der Waals surface area contributed by atoms with Crippen molar-refractivity contribution in [3.63, 3.8) is 0 Å². The van der Waals surface area contributed by atoms with Crippen LogP contribution in [0.4, 0.5) is 0 Å². The summed E-state index contributed by atoms with van der Waals surface area (Å²) in [6.45, 7) is 0.729.